The summed E-state index contributed by atoms with van der Waals surface area (Å²) < 4.78 is 21.8. The van der Waals surface area contributed by atoms with Crippen molar-refractivity contribution in [3.8, 4) is 0 Å². The third-order valence-corrected chi connectivity index (χ3v) is 5.01. The molecule has 2 N–H and O–H groups in total. The molecule has 0 aliphatic heterocycles. The summed E-state index contributed by atoms with van der Waals surface area (Å²) in [7, 11) is -3.39. The van der Waals surface area contributed by atoms with Crippen LogP contribution in [0.15, 0.2) is 11.4 Å². The van der Waals surface area contributed by atoms with E-state index in [-0.39, 0.29) is 5.75 Å². The molecule has 5 nitrogen and oxygen atoms in total. The van der Waals surface area contributed by atoms with Crippen LogP contribution in [-0.4, -0.2) is 29.9 Å². The summed E-state index contributed by atoms with van der Waals surface area (Å²) in [4.78, 5) is 8.60. The number of thioether (sulfide) groups is 1. The summed E-state index contributed by atoms with van der Waals surface area (Å²) >= 11 is 1.46. The molecular formula is C11H17N3O2S2. The Hall–Kier alpha value is -0.660. The summed E-state index contributed by atoms with van der Waals surface area (Å²) in [6, 6.07) is 0. The first kappa shape index (κ1) is 13.8. The standard InChI is InChI=1S/C11H17N3O2S2/c12-18(15,16)7-6-17-11-9-4-2-1-3-5-10(9)13-8-14-11/h8H,1-7H2,(H2,12,15,16). The zero-order chi connectivity index (χ0) is 13.0. The summed E-state index contributed by atoms with van der Waals surface area (Å²) in [6.45, 7) is 0. The fraction of sp³-hybridized carbons (Fsp3) is 0.636. The SMILES string of the molecule is NS(=O)(=O)CCSc1ncnc2c1CCCCC2. The molecule has 1 aromatic heterocycles. The molecule has 1 aromatic rings. The van der Waals surface area contributed by atoms with E-state index in [1.54, 1.807) is 6.33 Å². The Bertz CT molecular complexity index is 517. The maximum Gasteiger partial charge on any atom is 0.209 e. The van der Waals surface area contributed by atoms with Crippen molar-refractivity contribution in [2.45, 2.75) is 37.1 Å². The number of sulfonamides is 1. The smallest absolute Gasteiger partial charge is 0.209 e. The Morgan fingerprint density at radius 3 is 2.78 bits per heavy atom. The lowest BCUT2D eigenvalue weighted by molar-refractivity contribution is 0.599. The molecule has 7 heteroatoms. The highest BCUT2D eigenvalue weighted by atomic mass is 32.2. The molecular weight excluding hydrogens is 270 g/mol. The molecule has 2 rings (SSSR count). The fourth-order valence-electron chi connectivity index (χ4n) is 2.05. The lowest BCUT2D eigenvalue weighted by atomic mass is 10.1. The number of nitrogens with two attached hydrogens (primary N) is 1. The summed E-state index contributed by atoms with van der Waals surface area (Å²) in [5.74, 6) is 0.429. The van der Waals surface area contributed by atoms with Crippen LogP contribution in [0.3, 0.4) is 0 Å². The molecule has 1 aliphatic rings. The third kappa shape index (κ3) is 3.93. The van der Waals surface area contributed by atoms with Crippen LogP contribution in [-0.2, 0) is 22.9 Å². The third-order valence-electron chi connectivity index (χ3n) is 2.94. The Balaban J connectivity index is 2.08. The van der Waals surface area contributed by atoms with Crippen LogP contribution < -0.4 is 5.14 Å². The van der Waals surface area contributed by atoms with Crippen molar-refractivity contribution < 1.29 is 8.42 Å². The Morgan fingerprint density at radius 2 is 2.00 bits per heavy atom. The first-order valence-corrected chi connectivity index (χ1v) is 8.72. The van der Waals surface area contributed by atoms with E-state index in [9.17, 15) is 8.42 Å². The number of fused-ring (bicyclic) bond motifs is 1. The molecule has 100 valence electrons. The first-order valence-electron chi connectivity index (χ1n) is 6.02. The largest absolute Gasteiger partial charge is 0.241 e. The van der Waals surface area contributed by atoms with Crippen molar-refractivity contribution in [1.29, 1.82) is 0 Å². The van der Waals surface area contributed by atoms with Gasteiger partial charge in [0.1, 0.15) is 11.4 Å². The van der Waals surface area contributed by atoms with E-state index >= 15 is 0 Å². The molecule has 1 aliphatic carbocycles. The van der Waals surface area contributed by atoms with Gasteiger partial charge in [-0.2, -0.15) is 0 Å². The molecule has 18 heavy (non-hydrogen) atoms. The Kier molecular flexibility index (Phi) is 4.58. The molecule has 0 fully saturated rings. The summed E-state index contributed by atoms with van der Waals surface area (Å²) in [6.07, 6.45) is 7.12. The quantitative estimate of drug-likeness (QED) is 0.509. The van der Waals surface area contributed by atoms with E-state index in [2.05, 4.69) is 9.97 Å². The van der Waals surface area contributed by atoms with E-state index in [1.165, 1.54) is 30.2 Å². The molecule has 1 heterocycles. The second-order valence-electron chi connectivity index (χ2n) is 4.38. The normalized spacial score (nSPS) is 16.1. The van der Waals surface area contributed by atoms with Gasteiger partial charge in [0.15, 0.2) is 0 Å². The molecule has 0 atom stereocenters. The number of nitrogens with zero attached hydrogens (tertiary/aromatic N) is 2. The molecule has 0 saturated heterocycles. The number of rotatable bonds is 4. The Labute approximate surface area is 112 Å². The molecule has 0 unspecified atom stereocenters. The lowest BCUT2D eigenvalue weighted by Crippen LogP contribution is -2.18. The van der Waals surface area contributed by atoms with E-state index in [0.29, 0.717) is 5.75 Å². The average molecular weight is 287 g/mol. The maximum absolute atomic E-state index is 10.9. The van der Waals surface area contributed by atoms with E-state index < -0.39 is 10.0 Å². The van der Waals surface area contributed by atoms with Gasteiger partial charge in [-0.15, -0.1) is 11.8 Å². The van der Waals surface area contributed by atoms with Gasteiger partial charge in [-0.05, 0) is 25.7 Å². The predicted molar refractivity (Wildman–Crippen MR) is 72.0 cm³/mol. The number of primary sulfonamides is 1. The second kappa shape index (κ2) is 5.99. The van der Waals surface area contributed by atoms with Gasteiger partial charge in [-0.3, -0.25) is 0 Å². The van der Waals surface area contributed by atoms with Crippen LogP contribution >= 0.6 is 11.8 Å². The molecule has 0 saturated carbocycles. The van der Waals surface area contributed by atoms with Crippen molar-refractivity contribution in [3.05, 3.63) is 17.6 Å². The van der Waals surface area contributed by atoms with Crippen LogP contribution in [0.2, 0.25) is 0 Å². The van der Waals surface area contributed by atoms with Gasteiger partial charge in [0.2, 0.25) is 10.0 Å². The van der Waals surface area contributed by atoms with E-state index in [1.807, 2.05) is 0 Å². The fourth-order valence-corrected chi connectivity index (χ4v) is 4.02. The Morgan fingerprint density at radius 1 is 1.22 bits per heavy atom. The molecule has 0 spiro atoms. The van der Waals surface area contributed by atoms with E-state index in [4.69, 9.17) is 5.14 Å². The zero-order valence-corrected chi connectivity index (χ0v) is 11.8. The number of aryl methyl sites for hydroxylation is 1. The maximum atomic E-state index is 10.9. The first-order chi connectivity index (χ1) is 8.56. The van der Waals surface area contributed by atoms with Crippen LogP contribution in [0.25, 0.3) is 0 Å². The van der Waals surface area contributed by atoms with Crippen molar-refractivity contribution in [2.24, 2.45) is 5.14 Å². The molecule has 0 amide bonds. The summed E-state index contributed by atoms with van der Waals surface area (Å²) in [5.41, 5.74) is 2.33. The van der Waals surface area contributed by atoms with E-state index in [0.717, 1.165) is 30.0 Å². The van der Waals surface area contributed by atoms with Gasteiger partial charge in [-0.25, -0.2) is 23.5 Å². The van der Waals surface area contributed by atoms with Crippen molar-refractivity contribution in [2.75, 3.05) is 11.5 Å². The highest BCUT2D eigenvalue weighted by Crippen LogP contribution is 2.27. The monoisotopic (exact) mass is 287 g/mol. The van der Waals surface area contributed by atoms with Crippen molar-refractivity contribution in [1.82, 2.24) is 9.97 Å². The minimum absolute atomic E-state index is 0.0174. The predicted octanol–water partition coefficient (Wildman–Crippen LogP) is 1.13. The van der Waals surface area contributed by atoms with Crippen LogP contribution in [0.4, 0.5) is 0 Å². The van der Waals surface area contributed by atoms with Crippen LogP contribution in [0, 0.1) is 0 Å². The van der Waals surface area contributed by atoms with Gasteiger partial charge in [-0.1, -0.05) is 6.42 Å². The van der Waals surface area contributed by atoms with Crippen molar-refractivity contribution in [3.63, 3.8) is 0 Å². The minimum atomic E-state index is -3.39. The van der Waals surface area contributed by atoms with Crippen LogP contribution in [0.5, 0.6) is 0 Å². The van der Waals surface area contributed by atoms with Crippen LogP contribution in [0.1, 0.15) is 30.5 Å². The zero-order valence-electron chi connectivity index (χ0n) is 10.1. The lowest BCUT2D eigenvalue weighted by Gasteiger charge is -2.09. The van der Waals surface area contributed by atoms with Gasteiger partial charge < -0.3 is 0 Å². The highest BCUT2D eigenvalue weighted by Gasteiger charge is 2.15. The number of hydrogen-bond acceptors (Lipinski definition) is 5. The average Bonchev–Trinajstić information content (AvgIpc) is 2.53. The molecule has 0 aromatic carbocycles. The van der Waals surface area contributed by atoms with Gasteiger partial charge >= 0.3 is 0 Å². The minimum Gasteiger partial charge on any atom is -0.241 e. The molecule has 0 radical (unpaired) electrons. The highest BCUT2D eigenvalue weighted by molar-refractivity contribution is 8.00. The topological polar surface area (TPSA) is 85.9 Å². The molecule has 0 bridgehead atoms. The van der Waals surface area contributed by atoms with Gasteiger partial charge in [0, 0.05) is 17.0 Å². The number of hydrogen-bond donors (Lipinski definition) is 1. The second-order valence-corrected chi connectivity index (χ2v) is 7.20. The van der Waals surface area contributed by atoms with Gasteiger partial charge in [0.25, 0.3) is 0 Å². The summed E-state index contributed by atoms with van der Waals surface area (Å²) in [5, 5.41) is 5.91. The van der Waals surface area contributed by atoms with Gasteiger partial charge in [0.05, 0.1) is 5.75 Å². The number of aromatic nitrogens is 2. The van der Waals surface area contributed by atoms with Crippen molar-refractivity contribution >= 4 is 21.8 Å².